The van der Waals surface area contributed by atoms with E-state index in [0.29, 0.717) is 10.7 Å². The number of aryl methyl sites for hydroxylation is 1. The molecule has 1 aromatic carbocycles. The van der Waals surface area contributed by atoms with E-state index >= 15 is 0 Å². The molecule has 1 saturated heterocycles. The van der Waals surface area contributed by atoms with Gasteiger partial charge in [-0.3, -0.25) is 4.79 Å². The Morgan fingerprint density at radius 1 is 1.29 bits per heavy atom. The van der Waals surface area contributed by atoms with Gasteiger partial charge in [-0.15, -0.1) is 5.10 Å². The maximum atomic E-state index is 12.9. The lowest BCUT2D eigenvalue weighted by Crippen LogP contribution is -2.35. The topological polar surface area (TPSA) is 113 Å². The van der Waals surface area contributed by atoms with Gasteiger partial charge in [-0.05, 0) is 49.9 Å². The Morgan fingerprint density at radius 3 is 2.65 bits per heavy atom. The van der Waals surface area contributed by atoms with Crippen molar-refractivity contribution in [1.29, 1.82) is 0 Å². The Bertz CT molecular complexity index is 1190. The molecule has 180 valence electrons. The zero-order valence-electron chi connectivity index (χ0n) is 19.3. The van der Waals surface area contributed by atoms with Crippen molar-refractivity contribution < 1.29 is 14.3 Å². The summed E-state index contributed by atoms with van der Waals surface area (Å²) in [5.41, 5.74) is 2.39. The molecular formula is C24H28ClN5O4. The van der Waals surface area contributed by atoms with Crippen molar-refractivity contribution in [2.24, 2.45) is 7.05 Å². The number of hydrogen-bond donors (Lipinski definition) is 2. The summed E-state index contributed by atoms with van der Waals surface area (Å²) >= 11 is 5.84. The largest absolute Gasteiger partial charge is 0.436 e. The summed E-state index contributed by atoms with van der Waals surface area (Å²) in [5, 5.41) is 18.6. The summed E-state index contributed by atoms with van der Waals surface area (Å²) in [4.78, 5) is 30.0. The van der Waals surface area contributed by atoms with Crippen LogP contribution < -0.4 is 11.1 Å². The van der Waals surface area contributed by atoms with E-state index in [4.69, 9.17) is 16.0 Å². The van der Waals surface area contributed by atoms with E-state index in [1.54, 1.807) is 44.4 Å². The molecule has 1 amide bonds. The predicted molar refractivity (Wildman–Crippen MR) is 127 cm³/mol. The second-order valence-electron chi connectivity index (χ2n) is 8.73. The fourth-order valence-electron chi connectivity index (χ4n) is 4.20. The molecule has 34 heavy (non-hydrogen) atoms. The van der Waals surface area contributed by atoms with Crippen LogP contribution in [0.1, 0.15) is 59.3 Å². The molecule has 0 bridgehead atoms. The Morgan fingerprint density at radius 2 is 2.03 bits per heavy atom. The van der Waals surface area contributed by atoms with E-state index in [1.165, 1.54) is 11.9 Å². The third-order valence-corrected chi connectivity index (χ3v) is 6.62. The molecule has 3 heterocycles. The van der Waals surface area contributed by atoms with Crippen LogP contribution >= 0.6 is 11.6 Å². The number of benzene rings is 1. The van der Waals surface area contributed by atoms with Crippen LogP contribution in [0.15, 0.2) is 51.8 Å². The fourth-order valence-corrected chi connectivity index (χ4v) is 4.31. The van der Waals surface area contributed by atoms with Crippen LogP contribution in [0, 0.1) is 0 Å². The zero-order chi connectivity index (χ0) is 24.4. The van der Waals surface area contributed by atoms with Gasteiger partial charge in [-0.2, -0.15) is 4.68 Å². The van der Waals surface area contributed by atoms with Gasteiger partial charge >= 0.3 is 5.76 Å². The van der Waals surface area contributed by atoms with Crippen LogP contribution in [-0.2, 0) is 13.5 Å². The van der Waals surface area contributed by atoms with Crippen LogP contribution in [0.3, 0.4) is 0 Å². The number of aliphatic hydroxyl groups is 1. The maximum Gasteiger partial charge on any atom is 0.436 e. The molecule has 2 N–H and O–H groups in total. The monoisotopic (exact) mass is 485 g/mol. The summed E-state index contributed by atoms with van der Waals surface area (Å²) in [6, 6.07) is 10.7. The number of carbonyl (C=O) groups excluding carboxylic acids is 1. The quantitative estimate of drug-likeness (QED) is 0.494. The number of hydrogen-bond acceptors (Lipinski definition) is 7. The van der Waals surface area contributed by atoms with Crippen molar-refractivity contribution in [1.82, 2.24) is 25.0 Å². The highest BCUT2D eigenvalue weighted by atomic mass is 35.5. The molecular weight excluding hydrogens is 458 g/mol. The Labute approximate surface area is 202 Å². The van der Waals surface area contributed by atoms with E-state index < -0.39 is 17.9 Å². The molecule has 0 saturated carbocycles. The summed E-state index contributed by atoms with van der Waals surface area (Å²) in [6.07, 6.45) is 3.56. The first-order valence-electron chi connectivity index (χ1n) is 11.2. The highest BCUT2D eigenvalue weighted by Gasteiger charge is 2.30. The molecule has 4 atom stereocenters. The molecule has 0 spiro atoms. The molecule has 4 rings (SSSR count). The van der Waals surface area contributed by atoms with Crippen molar-refractivity contribution in [3.05, 3.63) is 80.9 Å². The normalized spacial score (nSPS) is 19.7. The molecule has 9 nitrogen and oxygen atoms in total. The molecule has 1 aliphatic rings. The zero-order valence-corrected chi connectivity index (χ0v) is 20.1. The number of nitrogens with zero attached hydrogens (tertiary/aromatic N) is 4. The molecule has 0 radical (unpaired) electrons. The second-order valence-corrected chi connectivity index (χ2v) is 9.12. The van der Waals surface area contributed by atoms with E-state index in [2.05, 4.69) is 15.4 Å². The predicted octanol–water partition coefficient (Wildman–Crippen LogP) is 2.65. The number of nitrogens with one attached hydrogen (secondary N) is 1. The number of carbonyl (C=O) groups is 1. The van der Waals surface area contributed by atoms with Crippen molar-refractivity contribution >= 4 is 17.5 Å². The first-order chi connectivity index (χ1) is 16.2. The SMILES string of the molecule is C[C@H](c1nn(C)c(=O)o1)N(C)C(=O)c1ccc(C[C@@H]2CC[C@H](C(O)c3ccc(Cl)nc3)N2)cc1. The number of pyridine rings is 1. The molecule has 1 unspecified atom stereocenters. The highest BCUT2D eigenvalue weighted by Crippen LogP contribution is 2.27. The molecule has 1 aliphatic heterocycles. The lowest BCUT2D eigenvalue weighted by molar-refractivity contribution is 0.0720. The first-order valence-corrected chi connectivity index (χ1v) is 11.6. The minimum atomic E-state index is -0.643. The number of halogens is 1. The second kappa shape index (κ2) is 10.1. The number of aliphatic hydroxyl groups excluding tert-OH is 1. The van der Waals surface area contributed by atoms with Crippen LogP contribution in [-0.4, -0.2) is 49.8 Å². The third-order valence-electron chi connectivity index (χ3n) is 6.40. The summed E-state index contributed by atoms with van der Waals surface area (Å²) in [5.74, 6) is -0.559. The standard InChI is InChI=1S/C24H28ClN5O4/c1-14(22-28-30(3)24(33)34-22)29(2)23(32)16-6-4-15(5-7-16)12-18-9-10-19(27-18)21(31)17-8-11-20(25)26-13-17/h4-8,11,13-14,18-19,21,27,31H,9-10,12H2,1-3H3/t14-,18+,19-,21?/m1/s1. The Kier molecular flexibility index (Phi) is 7.16. The molecule has 1 fully saturated rings. The lowest BCUT2D eigenvalue weighted by Gasteiger charge is -2.22. The van der Waals surface area contributed by atoms with Crippen molar-refractivity contribution in [3.8, 4) is 0 Å². The van der Waals surface area contributed by atoms with Crippen molar-refractivity contribution in [2.45, 2.75) is 50.4 Å². The van der Waals surface area contributed by atoms with Crippen molar-refractivity contribution in [2.75, 3.05) is 7.05 Å². The molecule has 3 aromatic rings. The van der Waals surface area contributed by atoms with Crippen molar-refractivity contribution in [3.63, 3.8) is 0 Å². The van der Waals surface area contributed by atoms with Gasteiger partial charge < -0.3 is 19.7 Å². The number of aromatic nitrogens is 3. The number of amides is 1. The minimum Gasteiger partial charge on any atom is -0.390 e. The maximum absolute atomic E-state index is 12.9. The van der Waals surface area contributed by atoms with Crippen LogP contribution in [0.2, 0.25) is 5.15 Å². The van der Waals surface area contributed by atoms with E-state index in [1.807, 2.05) is 12.1 Å². The molecule has 2 aromatic heterocycles. The van der Waals surface area contributed by atoms with E-state index in [9.17, 15) is 14.7 Å². The third kappa shape index (κ3) is 5.22. The van der Waals surface area contributed by atoms with E-state index in [-0.39, 0.29) is 23.9 Å². The van der Waals surface area contributed by atoms with Gasteiger partial charge in [-0.1, -0.05) is 29.8 Å². The van der Waals surface area contributed by atoms with Crippen LogP contribution in [0.4, 0.5) is 0 Å². The van der Waals surface area contributed by atoms with Gasteiger partial charge in [0.15, 0.2) is 0 Å². The van der Waals surface area contributed by atoms with Gasteiger partial charge in [0.25, 0.3) is 5.91 Å². The van der Waals surface area contributed by atoms with Crippen LogP contribution in [0.25, 0.3) is 0 Å². The lowest BCUT2D eigenvalue weighted by atomic mass is 10.0. The van der Waals surface area contributed by atoms with E-state index in [0.717, 1.165) is 35.1 Å². The average molecular weight is 486 g/mol. The van der Waals surface area contributed by atoms with Gasteiger partial charge in [0.1, 0.15) is 11.2 Å². The van der Waals surface area contributed by atoms with Gasteiger partial charge in [0, 0.05) is 43.5 Å². The van der Waals surface area contributed by atoms with Crippen LogP contribution in [0.5, 0.6) is 0 Å². The number of rotatable bonds is 7. The van der Waals surface area contributed by atoms with Gasteiger partial charge in [-0.25, -0.2) is 9.78 Å². The summed E-state index contributed by atoms with van der Waals surface area (Å²) < 4.78 is 6.21. The fraction of sp³-hybridized carbons (Fsp3) is 0.417. The Balaban J connectivity index is 1.34. The summed E-state index contributed by atoms with van der Waals surface area (Å²) in [6.45, 7) is 1.76. The molecule has 0 aliphatic carbocycles. The Hall–Kier alpha value is -3.01. The first kappa shape index (κ1) is 24.1. The summed E-state index contributed by atoms with van der Waals surface area (Å²) in [7, 11) is 3.15. The van der Waals surface area contributed by atoms with Gasteiger partial charge in [0.2, 0.25) is 5.89 Å². The average Bonchev–Trinajstić information content (AvgIpc) is 3.44. The van der Waals surface area contributed by atoms with Gasteiger partial charge in [0.05, 0.1) is 6.10 Å². The smallest absolute Gasteiger partial charge is 0.390 e. The highest BCUT2D eigenvalue weighted by molar-refractivity contribution is 6.29. The minimum absolute atomic E-state index is 0.0457. The molecule has 10 heteroatoms.